The van der Waals surface area contributed by atoms with Crippen LogP contribution in [0.1, 0.15) is 56.6 Å². The summed E-state index contributed by atoms with van der Waals surface area (Å²) in [7, 11) is 0. The Morgan fingerprint density at radius 1 is 1.24 bits per heavy atom. The zero-order chi connectivity index (χ0) is 17.9. The van der Waals surface area contributed by atoms with Crippen LogP contribution >= 0.6 is 0 Å². The first-order valence-corrected chi connectivity index (χ1v) is 8.72. The fraction of sp³-hybridized carbons (Fsp3) is 0.526. The number of aromatic nitrogens is 2. The van der Waals surface area contributed by atoms with Crippen molar-refractivity contribution in [2.24, 2.45) is 5.41 Å². The average Bonchev–Trinajstić information content (AvgIpc) is 3.23. The van der Waals surface area contributed by atoms with Crippen molar-refractivity contribution in [2.45, 2.75) is 45.6 Å². The largest absolute Gasteiger partial charge is 0.425 e. The number of ether oxygens (including phenoxy) is 1. The van der Waals surface area contributed by atoms with Gasteiger partial charge in [-0.3, -0.25) is 4.79 Å². The lowest BCUT2D eigenvalue weighted by Gasteiger charge is -2.17. The molecule has 1 aromatic heterocycles. The molecule has 0 unspecified atom stereocenters. The number of benzene rings is 1. The van der Waals surface area contributed by atoms with Crippen LogP contribution in [0.3, 0.4) is 0 Å². The molecule has 2 aromatic rings. The molecule has 1 aliphatic heterocycles. The summed E-state index contributed by atoms with van der Waals surface area (Å²) in [5.41, 5.74) is 0.728. The highest BCUT2D eigenvalue weighted by atomic mass is 16.5. The van der Waals surface area contributed by atoms with E-state index in [-0.39, 0.29) is 17.9 Å². The minimum atomic E-state index is -0.399. The molecule has 0 aliphatic carbocycles. The van der Waals surface area contributed by atoms with Crippen LogP contribution in [-0.4, -0.2) is 29.3 Å². The van der Waals surface area contributed by atoms with E-state index in [2.05, 4.69) is 27.6 Å². The lowest BCUT2D eigenvalue weighted by Crippen LogP contribution is -2.35. The number of carbonyl (C=O) groups is 1. The Kier molecular flexibility index (Phi) is 5.18. The quantitative estimate of drug-likeness (QED) is 0.903. The second kappa shape index (κ2) is 7.35. The number of nitrogens with one attached hydrogen (secondary N) is 1. The number of amides is 1. The van der Waals surface area contributed by atoms with Crippen LogP contribution < -0.4 is 5.32 Å². The third kappa shape index (κ3) is 4.25. The Morgan fingerprint density at radius 2 is 2.00 bits per heavy atom. The molecule has 1 fully saturated rings. The molecular formula is C19H25N3O3. The van der Waals surface area contributed by atoms with Gasteiger partial charge < -0.3 is 14.5 Å². The summed E-state index contributed by atoms with van der Waals surface area (Å²) >= 11 is 0. The van der Waals surface area contributed by atoms with Gasteiger partial charge in [0.15, 0.2) is 0 Å². The van der Waals surface area contributed by atoms with Crippen LogP contribution in [0.2, 0.25) is 0 Å². The fourth-order valence-corrected chi connectivity index (χ4v) is 2.88. The molecule has 2 heterocycles. The van der Waals surface area contributed by atoms with E-state index in [4.69, 9.17) is 9.15 Å². The fourth-order valence-electron chi connectivity index (χ4n) is 2.88. The van der Waals surface area contributed by atoms with E-state index in [1.54, 1.807) is 0 Å². The Hall–Kier alpha value is -2.21. The third-order valence-corrected chi connectivity index (χ3v) is 4.33. The molecule has 0 bridgehead atoms. The van der Waals surface area contributed by atoms with E-state index in [1.807, 2.05) is 39.0 Å². The molecule has 1 N–H and O–H groups in total. The van der Waals surface area contributed by atoms with Gasteiger partial charge in [-0.25, -0.2) is 0 Å². The Bertz CT molecular complexity index is 706. The SMILES string of the molecule is CC(C)(C)C(=O)NCCc1nnc([C@H]2CCO[C@@H]2c2ccccc2)o1. The van der Waals surface area contributed by atoms with Crippen molar-refractivity contribution < 1.29 is 13.9 Å². The highest BCUT2D eigenvalue weighted by Crippen LogP contribution is 2.40. The topological polar surface area (TPSA) is 77.2 Å². The molecular weight excluding hydrogens is 318 g/mol. The van der Waals surface area contributed by atoms with Crippen molar-refractivity contribution in [2.75, 3.05) is 13.2 Å². The normalized spacial score (nSPS) is 20.6. The number of carbonyl (C=O) groups excluding carboxylic acids is 1. The summed E-state index contributed by atoms with van der Waals surface area (Å²) in [5, 5.41) is 11.2. The molecule has 1 aromatic carbocycles. The van der Waals surface area contributed by atoms with Gasteiger partial charge in [0.25, 0.3) is 0 Å². The van der Waals surface area contributed by atoms with Gasteiger partial charge in [0.2, 0.25) is 17.7 Å². The standard InChI is InChI=1S/C19H25N3O3/c1-19(2,3)18(23)20-11-9-15-21-22-17(25-15)14-10-12-24-16(14)13-7-5-4-6-8-13/h4-8,14,16H,9-12H2,1-3H3,(H,20,23)/t14-,16+/m0/s1. The van der Waals surface area contributed by atoms with Gasteiger partial charge >= 0.3 is 0 Å². The van der Waals surface area contributed by atoms with Crippen molar-refractivity contribution in [3.8, 4) is 0 Å². The van der Waals surface area contributed by atoms with Gasteiger partial charge in [0, 0.05) is 25.0 Å². The van der Waals surface area contributed by atoms with Gasteiger partial charge in [-0.05, 0) is 12.0 Å². The molecule has 3 rings (SSSR count). The van der Waals surface area contributed by atoms with Crippen molar-refractivity contribution in [3.05, 3.63) is 47.7 Å². The van der Waals surface area contributed by atoms with Gasteiger partial charge in [0.05, 0.1) is 12.0 Å². The molecule has 6 heteroatoms. The van der Waals surface area contributed by atoms with E-state index < -0.39 is 5.41 Å². The summed E-state index contributed by atoms with van der Waals surface area (Å²) in [6, 6.07) is 10.1. The first-order chi connectivity index (χ1) is 11.9. The van der Waals surface area contributed by atoms with Gasteiger partial charge in [-0.15, -0.1) is 10.2 Å². The van der Waals surface area contributed by atoms with Crippen LogP contribution in [0.5, 0.6) is 0 Å². The van der Waals surface area contributed by atoms with Gasteiger partial charge in [-0.1, -0.05) is 51.1 Å². The Morgan fingerprint density at radius 3 is 2.72 bits per heavy atom. The van der Waals surface area contributed by atoms with E-state index in [0.29, 0.717) is 31.4 Å². The monoisotopic (exact) mass is 343 g/mol. The number of rotatable bonds is 5. The molecule has 0 radical (unpaired) electrons. The summed E-state index contributed by atoms with van der Waals surface area (Å²) < 4.78 is 11.7. The summed E-state index contributed by atoms with van der Waals surface area (Å²) in [6.07, 6.45) is 1.34. The van der Waals surface area contributed by atoms with E-state index in [9.17, 15) is 4.79 Å². The molecule has 0 spiro atoms. The van der Waals surface area contributed by atoms with E-state index in [0.717, 1.165) is 12.0 Å². The van der Waals surface area contributed by atoms with Crippen molar-refractivity contribution in [1.82, 2.24) is 15.5 Å². The molecule has 6 nitrogen and oxygen atoms in total. The molecule has 1 aliphatic rings. The lowest BCUT2D eigenvalue weighted by molar-refractivity contribution is -0.128. The smallest absolute Gasteiger partial charge is 0.225 e. The van der Waals surface area contributed by atoms with Gasteiger partial charge in [0.1, 0.15) is 0 Å². The predicted molar refractivity (Wildman–Crippen MR) is 93.0 cm³/mol. The van der Waals surface area contributed by atoms with E-state index >= 15 is 0 Å². The number of hydrogen-bond donors (Lipinski definition) is 1. The maximum Gasteiger partial charge on any atom is 0.225 e. The average molecular weight is 343 g/mol. The van der Waals surface area contributed by atoms with Crippen LogP contribution in [-0.2, 0) is 16.0 Å². The molecule has 25 heavy (non-hydrogen) atoms. The second-order valence-corrected chi connectivity index (χ2v) is 7.39. The third-order valence-electron chi connectivity index (χ3n) is 4.33. The predicted octanol–water partition coefficient (Wildman–Crippen LogP) is 3.02. The molecule has 134 valence electrons. The minimum Gasteiger partial charge on any atom is -0.425 e. The Labute approximate surface area is 148 Å². The maximum atomic E-state index is 11.9. The summed E-state index contributed by atoms with van der Waals surface area (Å²) in [5.74, 6) is 1.25. The first-order valence-electron chi connectivity index (χ1n) is 8.72. The van der Waals surface area contributed by atoms with Crippen LogP contribution in [0.15, 0.2) is 34.7 Å². The summed E-state index contributed by atoms with van der Waals surface area (Å²) in [6.45, 7) is 6.83. The zero-order valence-electron chi connectivity index (χ0n) is 15.0. The Balaban J connectivity index is 1.60. The van der Waals surface area contributed by atoms with Crippen LogP contribution in [0, 0.1) is 5.41 Å². The van der Waals surface area contributed by atoms with Gasteiger partial charge in [-0.2, -0.15) is 0 Å². The van der Waals surface area contributed by atoms with E-state index in [1.165, 1.54) is 0 Å². The lowest BCUT2D eigenvalue weighted by atomic mass is 9.95. The number of nitrogens with zero attached hydrogens (tertiary/aromatic N) is 2. The van der Waals surface area contributed by atoms with Crippen LogP contribution in [0.25, 0.3) is 0 Å². The van der Waals surface area contributed by atoms with Crippen LogP contribution in [0.4, 0.5) is 0 Å². The number of hydrogen-bond acceptors (Lipinski definition) is 5. The first kappa shape index (κ1) is 17.6. The highest BCUT2D eigenvalue weighted by molar-refractivity contribution is 5.81. The summed E-state index contributed by atoms with van der Waals surface area (Å²) in [4.78, 5) is 11.9. The molecule has 2 atom stereocenters. The highest BCUT2D eigenvalue weighted by Gasteiger charge is 2.34. The minimum absolute atomic E-state index is 0.0144. The van der Waals surface area contributed by atoms with Crippen molar-refractivity contribution in [1.29, 1.82) is 0 Å². The molecule has 1 saturated heterocycles. The maximum absolute atomic E-state index is 11.9. The zero-order valence-corrected chi connectivity index (χ0v) is 15.0. The molecule has 0 saturated carbocycles. The molecule has 1 amide bonds. The van der Waals surface area contributed by atoms with Crippen molar-refractivity contribution in [3.63, 3.8) is 0 Å². The van der Waals surface area contributed by atoms with Crippen molar-refractivity contribution >= 4 is 5.91 Å². The second-order valence-electron chi connectivity index (χ2n) is 7.39.